The minimum absolute atomic E-state index is 0.246. The average molecular weight is 265 g/mol. The van der Waals surface area contributed by atoms with E-state index in [9.17, 15) is 4.79 Å². The zero-order valence-electron chi connectivity index (χ0n) is 8.05. The number of rotatable bonds is 0. The van der Waals surface area contributed by atoms with Crippen molar-refractivity contribution in [1.29, 1.82) is 0 Å². The molecule has 0 fully saturated rings. The summed E-state index contributed by atoms with van der Waals surface area (Å²) in [6, 6.07) is 5.93. The topological polar surface area (TPSA) is 26.3 Å². The molecule has 0 amide bonds. The number of ketones is 1. The Morgan fingerprint density at radius 2 is 2.13 bits per heavy atom. The molecule has 2 aliphatic rings. The Morgan fingerprint density at radius 3 is 3.00 bits per heavy atom. The minimum atomic E-state index is 0.246. The quantitative estimate of drug-likeness (QED) is 0.720. The first-order valence-corrected chi connectivity index (χ1v) is 5.75. The van der Waals surface area contributed by atoms with Crippen molar-refractivity contribution in [2.45, 2.75) is 19.3 Å². The van der Waals surface area contributed by atoms with E-state index in [1.807, 2.05) is 18.2 Å². The second kappa shape index (κ2) is 3.20. The highest BCUT2D eigenvalue weighted by atomic mass is 79.9. The third-order valence-electron chi connectivity index (χ3n) is 2.88. The molecule has 1 aromatic carbocycles. The first-order chi connectivity index (χ1) is 7.24. The highest BCUT2D eigenvalue weighted by molar-refractivity contribution is 9.10. The van der Waals surface area contributed by atoms with Crippen molar-refractivity contribution in [3.63, 3.8) is 0 Å². The third-order valence-corrected chi connectivity index (χ3v) is 3.37. The van der Waals surface area contributed by atoms with E-state index < -0.39 is 0 Å². The van der Waals surface area contributed by atoms with Gasteiger partial charge in [-0.1, -0.05) is 15.9 Å². The molecule has 0 unspecified atom stereocenters. The Hall–Kier alpha value is -1.09. The zero-order chi connectivity index (χ0) is 10.4. The second-order valence-corrected chi connectivity index (χ2v) is 4.77. The molecule has 0 N–H and O–H groups in total. The van der Waals surface area contributed by atoms with Gasteiger partial charge in [0, 0.05) is 34.9 Å². The number of ether oxygens (including phenoxy) is 1. The Kier molecular flexibility index (Phi) is 1.96. The average Bonchev–Trinajstić information content (AvgIpc) is 2.57. The molecule has 1 aromatic rings. The fraction of sp³-hybridized carbons (Fsp3) is 0.250. The first kappa shape index (κ1) is 9.16. The van der Waals surface area contributed by atoms with Gasteiger partial charge < -0.3 is 4.74 Å². The molecule has 2 nitrogen and oxygen atoms in total. The lowest BCUT2D eigenvalue weighted by atomic mass is 10.0. The van der Waals surface area contributed by atoms with Crippen LogP contribution in [0.4, 0.5) is 0 Å². The Labute approximate surface area is 96.1 Å². The maximum Gasteiger partial charge on any atom is 0.163 e. The second-order valence-electron chi connectivity index (χ2n) is 3.86. The van der Waals surface area contributed by atoms with Crippen LogP contribution in [0.2, 0.25) is 0 Å². The lowest BCUT2D eigenvalue weighted by Crippen LogP contribution is -2.09. The standard InChI is InChI=1S/C12H9BrO2/c13-8-1-3-11-7(5-8)6-9-10(14)2-4-12(9)15-11/h1,3,5H,2,4,6H2. The SMILES string of the molecule is O=C1CCC2=C1Cc1cc(Br)ccc1O2. The van der Waals surface area contributed by atoms with Gasteiger partial charge in [0.15, 0.2) is 5.78 Å². The largest absolute Gasteiger partial charge is 0.461 e. The molecule has 0 saturated carbocycles. The van der Waals surface area contributed by atoms with Gasteiger partial charge in [0.2, 0.25) is 0 Å². The fourth-order valence-corrected chi connectivity index (χ4v) is 2.51. The van der Waals surface area contributed by atoms with Gasteiger partial charge in [0.1, 0.15) is 11.5 Å². The number of carbonyl (C=O) groups is 1. The Bertz CT molecular complexity index is 488. The summed E-state index contributed by atoms with van der Waals surface area (Å²) in [6.07, 6.45) is 2.10. The monoisotopic (exact) mass is 264 g/mol. The molecule has 1 aliphatic carbocycles. The molecule has 0 spiro atoms. The third kappa shape index (κ3) is 1.42. The normalized spacial score (nSPS) is 18.6. The number of Topliss-reactive ketones (excluding diaryl/α,β-unsaturated/α-hetero) is 1. The number of benzene rings is 1. The van der Waals surface area contributed by atoms with Crippen LogP contribution in [0.3, 0.4) is 0 Å². The summed E-state index contributed by atoms with van der Waals surface area (Å²) in [7, 11) is 0. The lowest BCUT2D eigenvalue weighted by Gasteiger charge is -2.18. The van der Waals surface area contributed by atoms with E-state index in [0.717, 1.165) is 40.0 Å². The summed E-state index contributed by atoms with van der Waals surface area (Å²) in [6.45, 7) is 0. The van der Waals surface area contributed by atoms with Gasteiger partial charge in [-0.05, 0) is 18.2 Å². The summed E-state index contributed by atoms with van der Waals surface area (Å²) < 4.78 is 6.75. The maximum atomic E-state index is 11.6. The van der Waals surface area contributed by atoms with E-state index in [0.29, 0.717) is 6.42 Å². The minimum Gasteiger partial charge on any atom is -0.461 e. The van der Waals surface area contributed by atoms with Gasteiger partial charge in [0.25, 0.3) is 0 Å². The van der Waals surface area contributed by atoms with Crippen LogP contribution in [0.25, 0.3) is 0 Å². The van der Waals surface area contributed by atoms with Crippen molar-refractivity contribution in [1.82, 2.24) is 0 Å². The van der Waals surface area contributed by atoms with E-state index in [-0.39, 0.29) is 5.78 Å². The summed E-state index contributed by atoms with van der Waals surface area (Å²) >= 11 is 3.42. The van der Waals surface area contributed by atoms with Crippen molar-refractivity contribution >= 4 is 21.7 Å². The van der Waals surface area contributed by atoms with Gasteiger partial charge in [-0.25, -0.2) is 0 Å². The van der Waals surface area contributed by atoms with E-state index in [1.54, 1.807) is 0 Å². The van der Waals surface area contributed by atoms with E-state index in [4.69, 9.17) is 4.74 Å². The molecule has 76 valence electrons. The number of allylic oxidation sites excluding steroid dienone is 2. The van der Waals surface area contributed by atoms with Gasteiger partial charge in [0.05, 0.1) is 0 Å². The van der Waals surface area contributed by atoms with Gasteiger partial charge in [-0.2, -0.15) is 0 Å². The number of hydrogen-bond acceptors (Lipinski definition) is 2. The molecule has 1 aliphatic heterocycles. The molecule has 1 heterocycles. The molecular formula is C12H9BrO2. The molecule has 3 heteroatoms. The number of hydrogen-bond donors (Lipinski definition) is 0. The predicted octanol–water partition coefficient (Wildman–Crippen LogP) is 3.00. The van der Waals surface area contributed by atoms with Crippen molar-refractivity contribution in [2.75, 3.05) is 0 Å². The summed E-state index contributed by atoms with van der Waals surface area (Å²) in [5.74, 6) is 2.03. The fourth-order valence-electron chi connectivity index (χ4n) is 2.10. The van der Waals surface area contributed by atoms with Crippen LogP contribution in [0.1, 0.15) is 18.4 Å². The van der Waals surface area contributed by atoms with Crippen LogP contribution in [0.5, 0.6) is 5.75 Å². The van der Waals surface area contributed by atoms with E-state index in [2.05, 4.69) is 15.9 Å². The summed E-state index contributed by atoms with van der Waals surface area (Å²) in [4.78, 5) is 11.6. The molecule has 3 rings (SSSR count). The van der Waals surface area contributed by atoms with Crippen molar-refractivity contribution in [3.05, 3.63) is 39.6 Å². The van der Waals surface area contributed by atoms with Crippen molar-refractivity contribution in [2.24, 2.45) is 0 Å². The zero-order valence-corrected chi connectivity index (χ0v) is 9.63. The van der Waals surface area contributed by atoms with Crippen LogP contribution in [-0.2, 0) is 11.2 Å². The van der Waals surface area contributed by atoms with Gasteiger partial charge in [-0.15, -0.1) is 0 Å². The van der Waals surface area contributed by atoms with Crippen LogP contribution in [0, 0.1) is 0 Å². The van der Waals surface area contributed by atoms with Gasteiger partial charge in [-0.3, -0.25) is 4.79 Å². The highest BCUT2D eigenvalue weighted by Gasteiger charge is 2.29. The molecule has 0 saturated heterocycles. The van der Waals surface area contributed by atoms with Crippen LogP contribution in [-0.4, -0.2) is 5.78 Å². The number of halogens is 1. The highest BCUT2D eigenvalue weighted by Crippen LogP contribution is 2.37. The maximum absolute atomic E-state index is 11.6. The summed E-state index contributed by atoms with van der Waals surface area (Å²) in [5, 5.41) is 0. The molecule has 0 atom stereocenters. The Morgan fingerprint density at radius 1 is 1.27 bits per heavy atom. The smallest absolute Gasteiger partial charge is 0.163 e. The molecular weight excluding hydrogens is 256 g/mol. The van der Waals surface area contributed by atoms with Crippen molar-refractivity contribution in [3.8, 4) is 5.75 Å². The van der Waals surface area contributed by atoms with Crippen LogP contribution in [0.15, 0.2) is 34.0 Å². The summed E-state index contributed by atoms with van der Waals surface area (Å²) in [5.41, 5.74) is 1.97. The number of carbonyl (C=O) groups excluding carboxylic acids is 1. The first-order valence-electron chi connectivity index (χ1n) is 4.95. The van der Waals surface area contributed by atoms with Crippen molar-refractivity contribution < 1.29 is 9.53 Å². The molecule has 0 bridgehead atoms. The molecule has 0 radical (unpaired) electrons. The Balaban J connectivity index is 2.06. The van der Waals surface area contributed by atoms with E-state index in [1.165, 1.54) is 0 Å². The van der Waals surface area contributed by atoms with Gasteiger partial charge >= 0.3 is 0 Å². The van der Waals surface area contributed by atoms with Crippen LogP contribution >= 0.6 is 15.9 Å². The van der Waals surface area contributed by atoms with E-state index >= 15 is 0 Å². The predicted molar refractivity (Wildman–Crippen MR) is 59.7 cm³/mol. The number of fused-ring (bicyclic) bond motifs is 1. The van der Waals surface area contributed by atoms with Crippen LogP contribution < -0.4 is 4.74 Å². The molecule has 0 aromatic heterocycles. The lowest BCUT2D eigenvalue weighted by molar-refractivity contribution is -0.115. The molecule has 15 heavy (non-hydrogen) atoms.